The van der Waals surface area contributed by atoms with Gasteiger partial charge in [-0.2, -0.15) is 0 Å². The summed E-state index contributed by atoms with van der Waals surface area (Å²) in [6.45, 7) is 7.37. The molecule has 2 aliphatic rings. The van der Waals surface area contributed by atoms with E-state index in [9.17, 15) is 0 Å². The molecule has 0 amide bonds. The van der Waals surface area contributed by atoms with Crippen molar-refractivity contribution in [2.24, 2.45) is 5.92 Å². The molecule has 0 saturated carbocycles. The van der Waals surface area contributed by atoms with E-state index in [4.69, 9.17) is 4.74 Å². The highest BCUT2D eigenvalue weighted by molar-refractivity contribution is 5.27. The number of nitrogens with one attached hydrogen (secondary N) is 1. The van der Waals surface area contributed by atoms with Gasteiger partial charge in [-0.25, -0.2) is 0 Å². The van der Waals surface area contributed by atoms with Gasteiger partial charge < -0.3 is 10.1 Å². The number of hydrogen-bond acceptors (Lipinski definition) is 3. The molecule has 0 aromatic heterocycles. The van der Waals surface area contributed by atoms with E-state index < -0.39 is 0 Å². The third kappa shape index (κ3) is 3.81. The van der Waals surface area contributed by atoms with E-state index in [1.807, 2.05) is 0 Å². The van der Waals surface area contributed by atoms with Crippen LogP contribution in [0.4, 0.5) is 0 Å². The fourth-order valence-electron chi connectivity index (χ4n) is 3.32. The number of piperidine rings is 1. The van der Waals surface area contributed by atoms with Gasteiger partial charge >= 0.3 is 0 Å². The minimum Gasteiger partial charge on any atom is -0.379 e. The maximum absolute atomic E-state index is 5.44. The molecule has 1 aromatic carbocycles. The van der Waals surface area contributed by atoms with Crippen molar-refractivity contribution in [3.05, 3.63) is 35.4 Å². The number of ether oxygens (including phenoxy) is 1. The zero-order valence-corrected chi connectivity index (χ0v) is 12.3. The van der Waals surface area contributed by atoms with Gasteiger partial charge in [0.2, 0.25) is 0 Å². The fourth-order valence-corrected chi connectivity index (χ4v) is 3.32. The Morgan fingerprint density at radius 2 is 1.95 bits per heavy atom. The van der Waals surface area contributed by atoms with Gasteiger partial charge in [-0.3, -0.25) is 4.90 Å². The summed E-state index contributed by atoms with van der Waals surface area (Å²) in [5.74, 6) is 0.814. The van der Waals surface area contributed by atoms with Crippen molar-refractivity contribution in [1.82, 2.24) is 10.2 Å². The van der Waals surface area contributed by atoms with E-state index >= 15 is 0 Å². The van der Waals surface area contributed by atoms with E-state index in [2.05, 4.69) is 34.5 Å². The Morgan fingerprint density at radius 1 is 1.15 bits per heavy atom. The summed E-state index contributed by atoms with van der Waals surface area (Å²) < 4.78 is 5.44. The standard InChI is InChI=1S/C17H26N2O/c1-2-6-17(14-19-8-10-20-11-9-19)16(5-1)12-15-4-3-7-18-13-15/h1-2,5-6,15,18H,3-4,7-14H2. The van der Waals surface area contributed by atoms with Crippen molar-refractivity contribution in [3.63, 3.8) is 0 Å². The van der Waals surface area contributed by atoms with Crippen LogP contribution in [-0.2, 0) is 17.7 Å². The van der Waals surface area contributed by atoms with Crippen LogP contribution in [0.3, 0.4) is 0 Å². The summed E-state index contributed by atoms with van der Waals surface area (Å²) in [4.78, 5) is 2.52. The summed E-state index contributed by atoms with van der Waals surface area (Å²) >= 11 is 0. The zero-order valence-electron chi connectivity index (χ0n) is 12.3. The molecule has 3 rings (SSSR count). The molecule has 0 radical (unpaired) electrons. The third-order valence-electron chi connectivity index (χ3n) is 4.52. The highest BCUT2D eigenvalue weighted by Crippen LogP contribution is 2.20. The molecule has 1 aromatic rings. The molecule has 1 atom stereocenters. The first-order chi connectivity index (χ1) is 9.92. The largest absolute Gasteiger partial charge is 0.379 e. The molecule has 20 heavy (non-hydrogen) atoms. The molecule has 110 valence electrons. The van der Waals surface area contributed by atoms with E-state index in [-0.39, 0.29) is 0 Å². The molecule has 3 nitrogen and oxygen atoms in total. The quantitative estimate of drug-likeness (QED) is 0.909. The first kappa shape index (κ1) is 14.1. The van der Waals surface area contributed by atoms with Gasteiger partial charge in [0.1, 0.15) is 0 Å². The predicted molar refractivity (Wildman–Crippen MR) is 81.8 cm³/mol. The van der Waals surface area contributed by atoms with Gasteiger partial charge in [0, 0.05) is 19.6 Å². The SMILES string of the molecule is c1ccc(CN2CCOCC2)c(CC2CCCNC2)c1. The summed E-state index contributed by atoms with van der Waals surface area (Å²) in [6, 6.07) is 9.00. The van der Waals surface area contributed by atoms with E-state index in [0.29, 0.717) is 0 Å². The lowest BCUT2D eigenvalue weighted by atomic mass is 9.90. The van der Waals surface area contributed by atoms with Crippen LogP contribution in [0.2, 0.25) is 0 Å². The highest BCUT2D eigenvalue weighted by Gasteiger charge is 2.17. The Labute approximate surface area is 122 Å². The van der Waals surface area contributed by atoms with E-state index in [1.165, 1.54) is 37.9 Å². The van der Waals surface area contributed by atoms with Crippen molar-refractivity contribution in [2.45, 2.75) is 25.8 Å². The molecule has 3 heteroatoms. The molecular weight excluding hydrogens is 248 g/mol. The summed E-state index contributed by atoms with van der Waals surface area (Å²) in [5.41, 5.74) is 3.06. The lowest BCUT2D eigenvalue weighted by Crippen LogP contribution is -2.36. The van der Waals surface area contributed by atoms with Crippen LogP contribution < -0.4 is 5.32 Å². The van der Waals surface area contributed by atoms with Gasteiger partial charge in [0.15, 0.2) is 0 Å². The Hall–Kier alpha value is -0.900. The maximum Gasteiger partial charge on any atom is 0.0594 e. The first-order valence-corrected chi connectivity index (χ1v) is 7.99. The van der Waals surface area contributed by atoms with Gasteiger partial charge in [-0.15, -0.1) is 0 Å². The maximum atomic E-state index is 5.44. The van der Waals surface area contributed by atoms with Crippen LogP contribution >= 0.6 is 0 Å². The number of hydrogen-bond donors (Lipinski definition) is 1. The van der Waals surface area contributed by atoms with Crippen LogP contribution in [0.15, 0.2) is 24.3 Å². The summed E-state index contributed by atoms with van der Waals surface area (Å²) in [6.07, 6.45) is 3.93. The fraction of sp³-hybridized carbons (Fsp3) is 0.647. The molecule has 0 aliphatic carbocycles. The second-order valence-corrected chi connectivity index (χ2v) is 6.07. The van der Waals surface area contributed by atoms with Gasteiger partial charge in [0.25, 0.3) is 0 Å². The number of nitrogens with zero attached hydrogens (tertiary/aromatic N) is 1. The molecule has 2 fully saturated rings. The molecule has 2 saturated heterocycles. The Kier molecular flexibility index (Phi) is 5.06. The summed E-state index contributed by atoms with van der Waals surface area (Å²) in [5, 5.41) is 3.53. The lowest BCUT2D eigenvalue weighted by Gasteiger charge is -2.28. The molecule has 0 bridgehead atoms. The highest BCUT2D eigenvalue weighted by atomic mass is 16.5. The molecule has 1 unspecified atom stereocenters. The molecular formula is C17H26N2O. The number of rotatable bonds is 4. The van der Waals surface area contributed by atoms with Crippen molar-refractivity contribution in [1.29, 1.82) is 0 Å². The second kappa shape index (κ2) is 7.21. The van der Waals surface area contributed by atoms with Crippen LogP contribution in [0.1, 0.15) is 24.0 Å². The Balaban J connectivity index is 1.63. The van der Waals surface area contributed by atoms with Gasteiger partial charge in [-0.05, 0) is 49.4 Å². The van der Waals surface area contributed by atoms with Gasteiger partial charge in [-0.1, -0.05) is 24.3 Å². The molecule has 2 aliphatic heterocycles. The second-order valence-electron chi connectivity index (χ2n) is 6.07. The first-order valence-electron chi connectivity index (χ1n) is 7.99. The van der Waals surface area contributed by atoms with Crippen LogP contribution in [0.5, 0.6) is 0 Å². The lowest BCUT2D eigenvalue weighted by molar-refractivity contribution is 0.0340. The topological polar surface area (TPSA) is 24.5 Å². The Morgan fingerprint density at radius 3 is 2.70 bits per heavy atom. The zero-order chi connectivity index (χ0) is 13.6. The number of benzene rings is 1. The van der Waals surface area contributed by atoms with Crippen molar-refractivity contribution >= 4 is 0 Å². The molecule has 2 heterocycles. The van der Waals surface area contributed by atoms with Gasteiger partial charge in [0.05, 0.1) is 13.2 Å². The normalized spacial score (nSPS) is 24.7. The minimum absolute atomic E-state index is 0.814. The van der Waals surface area contributed by atoms with Crippen molar-refractivity contribution in [3.8, 4) is 0 Å². The minimum atomic E-state index is 0.814. The molecule has 1 N–H and O–H groups in total. The number of morpholine rings is 1. The van der Waals surface area contributed by atoms with Crippen LogP contribution in [0.25, 0.3) is 0 Å². The van der Waals surface area contributed by atoms with Crippen LogP contribution in [-0.4, -0.2) is 44.3 Å². The summed E-state index contributed by atoms with van der Waals surface area (Å²) in [7, 11) is 0. The van der Waals surface area contributed by atoms with E-state index in [1.54, 1.807) is 5.56 Å². The smallest absolute Gasteiger partial charge is 0.0594 e. The monoisotopic (exact) mass is 274 g/mol. The average molecular weight is 274 g/mol. The molecule has 0 spiro atoms. The third-order valence-corrected chi connectivity index (χ3v) is 4.52. The predicted octanol–water partition coefficient (Wildman–Crippen LogP) is 2.06. The van der Waals surface area contributed by atoms with Crippen molar-refractivity contribution < 1.29 is 4.74 Å². The van der Waals surface area contributed by atoms with Crippen molar-refractivity contribution in [2.75, 3.05) is 39.4 Å². The van der Waals surface area contributed by atoms with Crippen LogP contribution in [0, 0.1) is 5.92 Å². The van der Waals surface area contributed by atoms with E-state index in [0.717, 1.165) is 38.8 Å². The average Bonchev–Trinajstić information content (AvgIpc) is 2.51. The Bertz CT molecular complexity index is 370.